The van der Waals surface area contributed by atoms with Crippen LogP contribution in [0.5, 0.6) is 5.75 Å². The van der Waals surface area contributed by atoms with Crippen molar-refractivity contribution >= 4 is 0 Å². The van der Waals surface area contributed by atoms with E-state index in [1.54, 1.807) is 25.1 Å². The van der Waals surface area contributed by atoms with Gasteiger partial charge < -0.3 is 10.5 Å². The molecule has 0 saturated carbocycles. The Morgan fingerprint density at radius 2 is 1.90 bits per heavy atom. The predicted octanol–water partition coefficient (Wildman–Crippen LogP) is 3.02. The van der Waals surface area contributed by atoms with Crippen LogP contribution in [0, 0.1) is 24.6 Å². The fourth-order valence-corrected chi connectivity index (χ4v) is 1.73. The Bertz CT molecular complexity index is 638. The third kappa shape index (κ3) is 3.59. The second-order valence-electron chi connectivity index (χ2n) is 4.38. The second kappa shape index (κ2) is 6.74. The Kier molecular flexibility index (Phi) is 4.75. The monoisotopic (exact) mass is 269 g/mol. The molecule has 2 nitrogen and oxygen atoms in total. The van der Waals surface area contributed by atoms with Gasteiger partial charge in [0.2, 0.25) is 0 Å². The fourth-order valence-electron chi connectivity index (χ4n) is 1.73. The molecule has 3 heteroatoms. The predicted molar refractivity (Wildman–Crippen MR) is 77.8 cm³/mol. The molecule has 0 aliphatic rings. The van der Waals surface area contributed by atoms with Crippen molar-refractivity contribution in [3.63, 3.8) is 0 Å². The van der Waals surface area contributed by atoms with Gasteiger partial charge in [-0.2, -0.15) is 0 Å². The molecule has 2 rings (SSSR count). The molecule has 2 aromatic rings. The van der Waals surface area contributed by atoms with Crippen LogP contribution in [0.1, 0.15) is 16.7 Å². The van der Waals surface area contributed by atoms with E-state index in [1.165, 1.54) is 0 Å². The first-order chi connectivity index (χ1) is 9.70. The van der Waals surface area contributed by atoms with Crippen LogP contribution in [0.15, 0.2) is 42.5 Å². The van der Waals surface area contributed by atoms with Crippen molar-refractivity contribution in [2.75, 3.05) is 6.54 Å². The van der Waals surface area contributed by atoms with E-state index >= 15 is 0 Å². The summed E-state index contributed by atoms with van der Waals surface area (Å²) in [7, 11) is 0. The van der Waals surface area contributed by atoms with Crippen LogP contribution in [-0.2, 0) is 6.61 Å². The summed E-state index contributed by atoms with van der Waals surface area (Å²) in [6, 6.07) is 12.7. The van der Waals surface area contributed by atoms with Crippen LogP contribution in [0.2, 0.25) is 0 Å². The summed E-state index contributed by atoms with van der Waals surface area (Å²) >= 11 is 0. The number of aryl methyl sites for hydroxylation is 1. The Labute approximate surface area is 118 Å². The van der Waals surface area contributed by atoms with Gasteiger partial charge >= 0.3 is 0 Å². The van der Waals surface area contributed by atoms with Crippen molar-refractivity contribution in [2.45, 2.75) is 13.5 Å². The molecule has 0 aliphatic heterocycles. The molecular formula is C17H16FNO. The van der Waals surface area contributed by atoms with Gasteiger partial charge in [-0.05, 0) is 36.2 Å². The first-order valence-electron chi connectivity index (χ1n) is 6.36. The molecule has 0 bridgehead atoms. The summed E-state index contributed by atoms with van der Waals surface area (Å²) in [5.41, 5.74) is 7.76. The number of hydrogen-bond donors (Lipinski definition) is 1. The summed E-state index contributed by atoms with van der Waals surface area (Å²) in [5.74, 6) is 5.71. The highest BCUT2D eigenvalue weighted by Crippen LogP contribution is 2.20. The zero-order valence-electron chi connectivity index (χ0n) is 11.3. The maximum absolute atomic E-state index is 13.8. The Balaban J connectivity index is 2.02. The van der Waals surface area contributed by atoms with Crippen molar-refractivity contribution < 1.29 is 9.13 Å². The molecule has 0 saturated heterocycles. The molecular weight excluding hydrogens is 253 g/mol. The lowest BCUT2D eigenvalue weighted by Gasteiger charge is -2.08. The molecule has 0 amide bonds. The molecule has 0 atom stereocenters. The van der Waals surface area contributed by atoms with Gasteiger partial charge in [0.25, 0.3) is 0 Å². The maximum atomic E-state index is 13.8. The van der Waals surface area contributed by atoms with Gasteiger partial charge in [0.05, 0.1) is 6.54 Å². The summed E-state index contributed by atoms with van der Waals surface area (Å²) in [4.78, 5) is 0. The van der Waals surface area contributed by atoms with E-state index in [2.05, 4.69) is 11.8 Å². The molecule has 0 fully saturated rings. The first kappa shape index (κ1) is 14.1. The van der Waals surface area contributed by atoms with Crippen LogP contribution < -0.4 is 10.5 Å². The van der Waals surface area contributed by atoms with Gasteiger partial charge in [0, 0.05) is 5.56 Å². The maximum Gasteiger partial charge on any atom is 0.167 e. The molecule has 20 heavy (non-hydrogen) atoms. The van der Waals surface area contributed by atoms with Crippen LogP contribution in [0.3, 0.4) is 0 Å². The van der Waals surface area contributed by atoms with Gasteiger partial charge in [0.1, 0.15) is 6.61 Å². The molecule has 102 valence electrons. The van der Waals surface area contributed by atoms with E-state index in [1.807, 2.05) is 24.3 Å². The van der Waals surface area contributed by atoms with Gasteiger partial charge in [0.15, 0.2) is 11.6 Å². The SMILES string of the molecule is Cc1cccc(OCc2ccc(C#CCN)cc2)c1F. The average Bonchev–Trinajstić information content (AvgIpc) is 2.48. The molecule has 0 radical (unpaired) electrons. The van der Waals surface area contributed by atoms with E-state index in [4.69, 9.17) is 10.5 Å². The molecule has 0 heterocycles. The van der Waals surface area contributed by atoms with E-state index in [9.17, 15) is 4.39 Å². The number of nitrogens with two attached hydrogens (primary N) is 1. The number of hydrogen-bond acceptors (Lipinski definition) is 2. The zero-order chi connectivity index (χ0) is 14.4. The molecule has 2 N–H and O–H groups in total. The third-order valence-corrected chi connectivity index (χ3v) is 2.84. The zero-order valence-corrected chi connectivity index (χ0v) is 11.3. The fraction of sp³-hybridized carbons (Fsp3) is 0.176. The van der Waals surface area contributed by atoms with E-state index in [0.29, 0.717) is 18.7 Å². The second-order valence-corrected chi connectivity index (χ2v) is 4.38. The standard InChI is InChI=1S/C17H16FNO/c1-13-4-2-6-16(17(13)18)20-12-15-9-7-14(8-10-15)5-3-11-19/h2,4,6-10H,11-12,19H2,1H3. The minimum Gasteiger partial charge on any atom is -0.486 e. The normalized spacial score (nSPS) is 9.75. The Morgan fingerprint density at radius 1 is 1.15 bits per heavy atom. The van der Waals surface area contributed by atoms with E-state index in [-0.39, 0.29) is 11.6 Å². The topological polar surface area (TPSA) is 35.2 Å². The van der Waals surface area contributed by atoms with Gasteiger partial charge in [-0.3, -0.25) is 0 Å². The summed E-state index contributed by atoms with van der Waals surface area (Å²) < 4.78 is 19.2. The summed E-state index contributed by atoms with van der Waals surface area (Å²) in [6.07, 6.45) is 0. The Morgan fingerprint density at radius 3 is 2.60 bits per heavy atom. The molecule has 0 aliphatic carbocycles. The molecule has 0 aromatic heterocycles. The van der Waals surface area contributed by atoms with Crippen LogP contribution in [0.25, 0.3) is 0 Å². The number of halogens is 1. The van der Waals surface area contributed by atoms with Gasteiger partial charge in [-0.15, -0.1) is 0 Å². The quantitative estimate of drug-likeness (QED) is 0.869. The van der Waals surface area contributed by atoms with Crippen LogP contribution >= 0.6 is 0 Å². The van der Waals surface area contributed by atoms with Crippen molar-refractivity contribution in [2.24, 2.45) is 5.73 Å². The molecule has 0 unspecified atom stereocenters. The third-order valence-electron chi connectivity index (χ3n) is 2.84. The minimum absolute atomic E-state index is 0.275. The average molecular weight is 269 g/mol. The number of ether oxygens (including phenoxy) is 1. The highest BCUT2D eigenvalue weighted by molar-refractivity contribution is 5.36. The minimum atomic E-state index is -0.307. The van der Waals surface area contributed by atoms with E-state index in [0.717, 1.165) is 11.1 Å². The van der Waals surface area contributed by atoms with Crippen LogP contribution in [-0.4, -0.2) is 6.54 Å². The van der Waals surface area contributed by atoms with E-state index < -0.39 is 0 Å². The van der Waals surface area contributed by atoms with Gasteiger partial charge in [-0.25, -0.2) is 4.39 Å². The van der Waals surface area contributed by atoms with Crippen LogP contribution in [0.4, 0.5) is 4.39 Å². The number of benzene rings is 2. The van der Waals surface area contributed by atoms with Crippen molar-refractivity contribution in [1.82, 2.24) is 0 Å². The first-order valence-corrected chi connectivity index (χ1v) is 6.36. The lowest BCUT2D eigenvalue weighted by Crippen LogP contribution is -1.98. The molecule has 0 spiro atoms. The van der Waals surface area contributed by atoms with Crippen molar-refractivity contribution in [3.8, 4) is 17.6 Å². The molecule has 2 aromatic carbocycles. The lowest BCUT2D eigenvalue weighted by atomic mass is 10.1. The summed E-state index contributed by atoms with van der Waals surface area (Å²) in [6.45, 7) is 2.38. The lowest BCUT2D eigenvalue weighted by molar-refractivity contribution is 0.289. The van der Waals surface area contributed by atoms with Crippen molar-refractivity contribution in [1.29, 1.82) is 0 Å². The smallest absolute Gasteiger partial charge is 0.167 e. The van der Waals surface area contributed by atoms with Crippen molar-refractivity contribution in [3.05, 3.63) is 65.0 Å². The summed E-state index contributed by atoms with van der Waals surface area (Å²) in [5, 5.41) is 0. The largest absolute Gasteiger partial charge is 0.486 e. The highest BCUT2D eigenvalue weighted by Gasteiger charge is 2.05. The highest BCUT2D eigenvalue weighted by atomic mass is 19.1. The number of rotatable bonds is 3. The van der Waals surface area contributed by atoms with Gasteiger partial charge in [-0.1, -0.05) is 36.1 Å². The Hall–Kier alpha value is -2.31.